The molecule has 0 aromatic heterocycles. The molecule has 0 aliphatic rings. The van der Waals surface area contributed by atoms with Crippen LogP contribution < -0.4 is 11.1 Å². The normalized spacial score (nSPS) is 9.89. The molecule has 0 amide bonds. The average Bonchev–Trinajstić information content (AvgIpc) is 2.46. The second-order valence-electron chi connectivity index (χ2n) is 4.39. The summed E-state index contributed by atoms with van der Waals surface area (Å²) in [5.41, 5.74) is 10.3. The number of aryl methyl sites for hydroxylation is 1. The van der Waals surface area contributed by atoms with Crippen LogP contribution in [0.2, 0.25) is 0 Å². The number of nitrogens with one attached hydrogen (secondary N) is 1. The van der Waals surface area contributed by atoms with Gasteiger partial charge in [0.05, 0.1) is 11.3 Å². The van der Waals surface area contributed by atoms with Gasteiger partial charge in [-0.05, 0) is 35.7 Å². The number of anilines is 2. The van der Waals surface area contributed by atoms with Gasteiger partial charge in [0.15, 0.2) is 0 Å². The Morgan fingerprint density at radius 2 is 1.89 bits per heavy atom. The standard InChI is InChI=1S/C16H17N3/c1-2-12-5-3-4-6-13(12)11-19-16-8-7-15(18)9-14(16)10-17/h3-9,19H,2,11,18H2,1H3. The fourth-order valence-corrected chi connectivity index (χ4v) is 2.07. The minimum absolute atomic E-state index is 0.578. The van der Waals surface area contributed by atoms with E-state index in [2.05, 4.69) is 30.4 Å². The zero-order valence-electron chi connectivity index (χ0n) is 11.0. The van der Waals surface area contributed by atoms with Gasteiger partial charge in [0.1, 0.15) is 6.07 Å². The average molecular weight is 251 g/mol. The summed E-state index contributed by atoms with van der Waals surface area (Å²) in [5.74, 6) is 0. The van der Waals surface area contributed by atoms with Crippen molar-refractivity contribution in [1.82, 2.24) is 0 Å². The Morgan fingerprint density at radius 1 is 1.16 bits per heavy atom. The molecule has 0 saturated heterocycles. The van der Waals surface area contributed by atoms with Gasteiger partial charge in [-0.1, -0.05) is 31.2 Å². The summed E-state index contributed by atoms with van der Waals surface area (Å²) in [5, 5.41) is 12.4. The lowest BCUT2D eigenvalue weighted by Gasteiger charge is -2.11. The van der Waals surface area contributed by atoms with Crippen LogP contribution in [0.25, 0.3) is 0 Å². The van der Waals surface area contributed by atoms with Crippen molar-refractivity contribution >= 4 is 11.4 Å². The minimum atomic E-state index is 0.578. The molecule has 2 rings (SSSR count). The fraction of sp³-hybridized carbons (Fsp3) is 0.188. The first-order valence-corrected chi connectivity index (χ1v) is 6.35. The molecule has 0 aliphatic heterocycles. The molecule has 3 N–H and O–H groups in total. The van der Waals surface area contributed by atoms with E-state index in [1.54, 1.807) is 12.1 Å². The molecule has 19 heavy (non-hydrogen) atoms. The lowest BCUT2D eigenvalue weighted by Crippen LogP contribution is -2.04. The van der Waals surface area contributed by atoms with Gasteiger partial charge < -0.3 is 11.1 Å². The third kappa shape index (κ3) is 3.05. The molecule has 0 heterocycles. The van der Waals surface area contributed by atoms with E-state index in [-0.39, 0.29) is 0 Å². The molecule has 0 bridgehead atoms. The molecule has 0 aliphatic carbocycles. The molecule has 2 aromatic carbocycles. The summed E-state index contributed by atoms with van der Waals surface area (Å²) in [6.45, 7) is 2.85. The zero-order chi connectivity index (χ0) is 13.7. The van der Waals surface area contributed by atoms with Gasteiger partial charge in [-0.25, -0.2) is 0 Å². The van der Waals surface area contributed by atoms with Gasteiger partial charge in [-0.15, -0.1) is 0 Å². The number of nitrogen functional groups attached to an aromatic ring is 1. The molecule has 0 fully saturated rings. The maximum absolute atomic E-state index is 9.10. The monoisotopic (exact) mass is 251 g/mol. The van der Waals surface area contributed by atoms with E-state index < -0.39 is 0 Å². The molecular weight excluding hydrogens is 234 g/mol. The van der Waals surface area contributed by atoms with Crippen LogP contribution in [0.5, 0.6) is 0 Å². The van der Waals surface area contributed by atoms with E-state index in [0.717, 1.165) is 12.1 Å². The van der Waals surface area contributed by atoms with Crippen LogP contribution in [0.3, 0.4) is 0 Å². The van der Waals surface area contributed by atoms with E-state index in [0.29, 0.717) is 17.8 Å². The van der Waals surface area contributed by atoms with E-state index in [9.17, 15) is 0 Å². The van der Waals surface area contributed by atoms with Crippen molar-refractivity contribution in [1.29, 1.82) is 5.26 Å². The highest BCUT2D eigenvalue weighted by molar-refractivity contribution is 5.63. The largest absolute Gasteiger partial charge is 0.399 e. The molecule has 0 spiro atoms. The molecular formula is C16H17N3. The molecule has 0 radical (unpaired) electrons. The van der Waals surface area contributed by atoms with Crippen LogP contribution in [0.4, 0.5) is 11.4 Å². The van der Waals surface area contributed by atoms with Gasteiger partial charge >= 0.3 is 0 Å². The highest BCUT2D eigenvalue weighted by Gasteiger charge is 2.04. The lowest BCUT2D eigenvalue weighted by molar-refractivity contribution is 1.04. The topological polar surface area (TPSA) is 61.8 Å². The first-order valence-electron chi connectivity index (χ1n) is 6.35. The SMILES string of the molecule is CCc1ccccc1CNc1ccc(N)cc1C#N. The van der Waals surface area contributed by atoms with E-state index in [1.807, 2.05) is 18.2 Å². The summed E-state index contributed by atoms with van der Waals surface area (Å²) in [6, 6.07) is 15.8. The van der Waals surface area contributed by atoms with Crippen molar-refractivity contribution < 1.29 is 0 Å². The van der Waals surface area contributed by atoms with E-state index in [1.165, 1.54) is 11.1 Å². The highest BCUT2D eigenvalue weighted by Crippen LogP contribution is 2.19. The number of hydrogen-bond donors (Lipinski definition) is 2. The van der Waals surface area contributed by atoms with E-state index >= 15 is 0 Å². The van der Waals surface area contributed by atoms with Crippen molar-refractivity contribution in [2.24, 2.45) is 0 Å². The number of rotatable bonds is 4. The van der Waals surface area contributed by atoms with Crippen LogP contribution in [0, 0.1) is 11.3 Å². The molecule has 3 heteroatoms. The Kier molecular flexibility index (Phi) is 4.04. The Bertz CT molecular complexity index is 612. The molecule has 2 aromatic rings. The Morgan fingerprint density at radius 3 is 2.58 bits per heavy atom. The van der Waals surface area contributed by atoms with Crippen LogP contribution in [-0.4, -0.2) is 0 Å². The summed E-state index contributed by atoms with van der Waals surface area (Å²) in [7, 11) is 0. The predicted octanol–water partition coefficient (Wildman–Crippen LogP) is 3.31. The first-order chi connectivity index (χ1) is 9.24. The Labute approximate surface area is 113 Å². The quantitative estimate of drug-likeness (QED) is 0.819. The van der Waals surface area contributed by atoms with Crippen molar-refractivity contribution in [3.05, 3.63) is 59.2 Å². The maximum atomic E-state index is 9.10. The number of nitriles is 1. The molecule has 0 unspecified atom stereocenters. The lowest BCUT2D eigenvalue weighted by atomic mass is 10.1. The molecule has 96 valence electrons. The van der Waals surface area contributed by atoms with Gasteiger partial charge in [-0.3, -0.25) is 0 Å². The van der Waals surface area contributed by atoms with Gasteiger partial charge in [0.2, 0.25) is 0 Å². The van der Waals surface area contributed by atoms with Gasteiger partial charge in [0, 0.05) is 12.2 Å². The summed E-state index contributed by atoms with van der Waals surface area (Å²) < 4.78 is 0. The highest BCUT2D eigenvalue weighted by atomic mass is 14.9. The minimum Gasteiger partial charge on any atom is -0.399 e. The van der Waals surface area contributed by atoms with Crippen LogP contribution in [-0.2, 0) is 13.0 Å². The number of hydrogen-bond acceptors (Lipinski definition) is 3. The molecule has 3 nitrogen and oxygen atoms in total. The third-order valence-electron chi connectivity index (χ3n) is 3.13. The van der Waals surface area contributed by atoms with Crippen molar-refractivity contribution in [2.45, 2.75) is 19.9 Å². The molecule has 0 atom stereocenters. The third-order valence-corrected chi connectivity index (χ3v) is 3.13. The summed E-state index contributed by atoms with van der Waals surface area (Å²) >= 11 is 0. The maximum Gasteiger partial charge on any atom is 0.101 e. The van der Waals surface area contributed by atoms with Crippen LogP contribution >= 0.6 is 0 Å². The van der Waals surface area contributed by atoms with Crippen LogP contribution in [0.15, 0.2) is 42.5 Å². The van der Waals surface area contributed by atoms with Crippen molar-refractivity contribution in [3.8, 4) is 6.07 Å². The fourth-order valence-electron chi connectivity index (χ4n) is 2.07. The van der Waals surface area contributed by atoms with Gasteiger partial charge in [-0.2, -0.15) is 5.26 Å². The second kappa shape index (κ2) is 5.92. The van der Waals surface area contributed by atoms with Crippen molar-refractivity contribution in [3.63, 3.8) is 0 Å². The second-order valence-corrected chi connectivity index (χ2v) is 4.39. The zero-order valence-corrected chi connectivity index (χ0v) is 11.0. The first kappa shape index (κ1) is 13.0. The number of nitrogens with two attached hydrogens (primary N) is 1. The van der Waals surface area contributed by atoms with Crippen LogP contribution in [0.1, 0.15) is 23.6 Å². The number of benzene rings is 2. The molecule has 0 saturated carbocycles. The Balaban J connectivity index is 2.17. The Hall–Kier alpha value is -2.47. The summed E-state index contributed by atoms with van der Waals surface area (Å²) in [6.07, 6.45) is 1.00. The smallest absolute Gasteiger partial charge is 0.101 e. The summed E-state index contributed by atoms with van der Waals surface area (Å²) in [4.78, 5) is 0. The van der Waals surface area contributed by atoms with E-state index in [4.69, 9.17) is 11.0 Å². The van der Waals surface area contributed by atoms with Gasteiger partial charge in [0.25, 0.3) is 0 Å². The number of nitrogens with zero attached hydrogens (tertiary/aromatic N) is 1. The van der Waals surface area contributed by atoms with Crippen molar-refractivity contribution in [2.75, 3.05) is 11.1 Å². The predicted molar refractivity (Wildman–Crippen MR) is 78.7 cm³/mol.